The van der Waals surface area contributed by atoms with Crippen LogP contribution in [0.5, 0.6) is 0 Å². The number of hydrogen-bond donors (Lipinski definition) is 1. The first kappa shape index (κ1) is 20.8. The van der Waals surface area contributed by atoms with Gasteiger partial charge in [-0.15, -0.1) is 12.4 Å². The number of halogens is 4. The Bertz CT molecular complexity index is 867. The predicted molar refractivity (Wildman–Crippen MR) is 92.2 cm³/mol. The molecule has 1 saturated heterocycles. The first-order valence-corrected chi connectivity index (χ1v) is 7.93. The lowest BCUT2D eigenvalue weighted by atomic mass is 10.1. The van der Waals surface area contributed by atoms with Gasteiger partial charge >= 0.3 is 12.1 Å². The number of carbonyl (C=O) groups excluding carboxylic acids is 1. The van der Waals surface area contributed by atoms with Crippen molar-refractivity contribution in [3.8, 4) is 5.69 Å². The molecule has 1 aromatic carbocycles. The van der Waals surface area contributed by atoms with E-state index in [4.69, 9.17) is 5.11 Å². The number of aliphatic carboxylic acids is 1. The molecule has 0 saturated carbocycles. The van der Waals surface area contributed by atoms with Crippen molar-refractivity contribution in [2.75, 3.05) is 13.1 Å². The van der Waals surface area contributed by atoms with Gasteiger partial charge in [0.25, 0.3) is 5.91 Å². The number of carboxylic acids is 1. The van der Waals surface area contributed by atoms with Crippen LogP contribution in [-0.4, -0.2) is 44.8 Å². The zero-order valence-electron chi connectivity index (χ0n) is 14.2. The van der Waals surface area contributed by atoms with Crippen molar-refractivity contribution >= 4 is 24.3 Å². The summed E-state index contributed by atoms with van der Waals surface area (Å²) in [5.74, 6) is -1.92. The molecule has 2 heterocycles. The minimum atomic E-state index is -4.48. The molecular weight excluding hydrogens is 387 g/mol. The molecule has 1 fully saturated rings. The van der Waals surface area contributed by atoms with E-state index in [2.05, 4.69) is 5.10 Å². The molecule has 1 N–H and O–H groups in total. The highest BCUT2D eigenvalue weighted by Crippen LogP contribution is 2.30. The maximum absolute atomic E-state index is 12.9. The average Bonchev–Trinajstić information content (AvgIpc) is 3.21. The van der Waals surface area contributed by atoms with Crippen molar-refractivity contribution in [1.82, 2.24) is 14.7 Å². The van der Waals surface area contributed by atoms with Crippen LogP contribution in [0, 0.1) is 12.8 Å². The van der Waals surface area contributed by atoms with Crippen LogP contribution >= 0.6 is 12.4 Å². The van der Waals surface area contributed by atoms with Gasteiger partial charge < -0.3 is 10.0 Å². The fourth-order valence-corrected chi connectivity index (χ4v) is 3.01. The van der Waals surface area contributed by atoms with E-state index in [1.165, 1.54) is 27.9 Å². The molecule has 1 atom stereocenters. The lowest BCUT2D eigenvalue weighted by Gasteiger charge is -2.15. The van der Waals surface area contributed by atoms with Gasteiger partial charge in [0.15, 0.2) is 0 Å². The number of carboxylic acid groups (broad SMARTS) is 1. The van der Waals surface area contributed by atoms with Crippen LogP contribution in [0.3, 0.4) is 0 Å². The van der Waals surface area contributed by atoms with Crippen LogP contribution in [-0.2, 0) is 11.0 Å². The summed E-state index contributed by atoms with van der Waals surface area (Å²) in [6.07, 6.45) is -2.80. The molecule has 1 aromatic heterocycles. The Balaban J connectivity index is 0.00000261. The van der Waals surface area contributed by atoms with Crippen molar-refractivity contribution in [3.63, 3.8) is 0 Å². The van der Waals surface area contributed by atoms with E-state index in [1.807, 2.05) is 0 Å². The fourth-order valence-electron chi connectivity index (χ4n) is 3.01. The first-order valence-electron chi connectivity index (χ1n) is 7.93. The molecular formula is C17H17ClF3N3O3. The van der Waals surface area contributed by atoms with Gasteiger partial charge in [0.2, 0.25) is 0 Å². The molecule has 10 heteroatoms. The second-order valence-corrected chi connectivity index (χ2v) is 6.18. The number of alkyl halides is 3. The third-order valence-electron chi connectivity index (χ3n) is 4.48. The number of aromatic nitrogens is 2. The second kappa shape index (κ2) is 7.59. The van der Waals surface area contributed by atoms with Gasteiger partial charge in [-0.3, -0.25) is 9.59 Å². The largest absolute Gasteiger partial charge is 0.481 e. The Morgan fingerprint density at radius 3 is 2.59 bits per heavy atom. The van der Waals surface area contributed by atoms with Crippen LogP contribution in [0.2, 0.25) is 0 Å². The van der Waals surface area contributed by atoms with Crippen LogP contribution in [0.25, 0.3) is 5.69 Å². The van der Waals surface area contributed by atoms with E-state index < -0.39 is 23.6 Å². The molecule has 1 amide bonds. The summed E-state index contributed by atoms with van der Waals surface area (Å²) in [5.41, 5.74) is 0.0318. The van der Waals surface area contributed by atoms with E-state index in [0.29, 0.717) is 18.7 Å². The molecule has 0 spiro atoms. The second-order valence-electron chi connectivity index (χ2n) is 6.18. The lowest BCUT2D eigenvalue weighted by molar-refractivity contribution is -0.141. The van der Waals surface area contributed by atoms with Gasteiger partial charge in [0.05, 0.1) is 34.6 Å². The third-order valence-corrected chi connectivity index (χ3v) is 4.48. The minimum Gasteiger partial charge on any atom is -0.481 e. The molecule has 1 unspecified atom stereocenters. The Kier molecular flexibility index (Phi) is 5.84. The normalized spacial score (nSPS) is 16.9. The summed E-state index contributed by atoms with van der Waals surface area (Å²) in [6, 6.07) is 4.67. The molecule has 27 heavy (non-hydrogen) atoms. The topological polar surface area (TPSA) is 75.4 Å². The third kappa shape index (κ3) is 4.08. The Morgan fingerprint density at radius 1 is 1.30 bits per heavy atom. The molecule has 6 nitrogen and oxygen atoms in total. The summed E-state index contributed by atoms with van der Waals surface area (Å²) >= 11 is 0. The monoisotopic (exact) mass is 403 g/mol. The molecule has 3 rings (SSSR count). The van der Waals surface area contributed by atoms with Crippen molar-refractivity contribution in [1.29, 1.82) is 0 Å². The number of amides is 1. The SMILES string of the molecule is Cc1c(C(=O)N2CCC(C(=O)O)C2)cnn1-c1cccc(C(F)(F)F)c1.Cl. The first-order chi connectivity index (χ1) is 12.2. The molecule has 1 aliphatic rings. The van der Waals surface area contributed by atoms with Crippen LogP contribution in [0.15, 0.2) is 30.5 Å². The Morgan fingerprint density at radius 2 is 2.00 bits per heavy atom. The highest BCUT2D eigenvalue weighted by Gasteiger charge is 2.33. The predicted octanol–water partition coefficient (Wildman–Crippen LogP) is 3.17. The Labute approximate surface area is 159 Å². The fraction of sp³-hybridized carbons (Fsp3) is 0.353. The summed E-state index contributed by atoms with van der Waals surface area (Å²) < 4.78 is 39.9. The number of rotatable bonds is 3. The zero-order chi connectivity index (χ0) is 19.1. The summed E-state index contributed by atoms with van der Waals surface area (Å²) in [5, 5.41) is 13.1. The van der Waals surface area contributed by atoms with Crippen LogP contribution in [0.4, 0.5) is 13.2 Å². The Hall–Kier alpha value is -2.55. The number of benzene rings is 1. The summed E-state index contributed by atoms with van der Waals surface area (Å²) in [7, 11) is 0. The number of nitrogens with zero attached hydrogens (tertiary/aromatic N) is 3. The van der Waals surface area contributed by atoms with Crippen LogP contribution < -0.4 is 0 Å². The van der Waals surface area contributed by atoms with E-state index in [-0.39, 0.29) is 36.1 Å². The van der Waals surface area contributed by atoms with Crippen molar-refractivity contribution in [2.45, 2.75) is 19.5 Å². The number of hydrogen-bond acceptors (Lipinski definition) is 3. The van der Waals surface area contributed by atoms with E-state index >= 15 is 0 Å². The molecule has 1 aliphatic heterocycles. The van der Waals surface area contributed by atoms with Crippen LogP contribution in [0.1, 0.15) is 28.0 Å². The molecule has 146 valence electrons. The van der Waals surface area contributed by atoms with Gasteiger partial charge in [0.1, 0.15) is 0 Å². The number of carbonyl (C=O) groups is 2. The molecule has 0 bridgehead atoms. The maximum Gasteiger partial charge on any atom is 0.416 e. The molecule has 0 radical (unpaired) electrons. The van der Waals surface area contributed by atoms with Gasteiger partial charge in [-0.1, -0.05) is 6.07 Å². The summed E-state index contributed by atoms with van der Waals surface area (Å²) in [6.45, 7) is 2.03. The summed E-state index contributed by atoms with van der Waals surface area (Å²) in [4.78, 5) is 25.1. The molecule has 2 aromatic rings. The van der Waals surface area contributed by atoms with E-state index in [1.54, 1.807) is 6.92 Å². The van der Waals surface area contributed by atoms with Crippen molar-refractivity contribution in [3.05, 3.63) is 47.3 Å². The van der Waals surface area contributed by atoms with Gasteiger partial charge in [0, 0.05) is 13.1 Å². The van der Waals surface area contributed by atoms with Gasteiger partial charge in [-0.25, -0.2) is 4.68 Å². The maximum atomic E-state index is 12.9. The average molecular weight is 404 g/mol. The zero-order valence-corrected chi connectivity index (χ0v) is 15.0. The standard InChI is InChI=1S/C17H16F3N3O3.ClH/c1-10-14(15(24)22-6-5-11(9-22)16(25)26)8-21-23(10)13-4-2-3-12(7-13)17(18,19)20;/h2-4,7-8,11H,5-6,9H2,1H3,(H,25,26);1H. The smallest absolute Gasteiger partial charge is 0.416 e. The van der Waals surface area contributed by atoms with Crippen molar-refractivity contribution in [2.24, 2.45) is 5.92 Å². The van der Waals surface area contributed by atoms with Gasteiger partial charge in [-0.2, -0.15) is 18.3 Å². The highest BCUT2D eigenvalue weighted by molar-refractivity contribution is 5.95. The minimum absolute atomic E-state index is 0. The highest BCUT2D eigenvalue weighted by atomic mass is 35.5. The van der Waals surface area contributed by atoms with Gasteiger partial charge in [-0.05, 0) is 31.5 Å². The van der Waals surface area contributed by atoms with E-state index in [0.717, 1.165) is 12.1 Å². The van der Waals surface area contributed by atoms with E-state index in [9.17, 15) is 22.8 Å². The quantitative estimate of drug-likeness (QED) is 0.854. The molecule has 0 aliphatic carbocycles. The number of likely N-dealkylation sites (tertiary alicyclic amines) is 1. The van der Waals surface area contributed by atoms with Crippen molar-refractivity contribution < 1.29 is 27.9 Å². The lowest BCUT2D eigenvalue weighted by Crippen LogP contribution is -2.30.